The van der Waals surface area contributed by atoms with Crippen molar-refractivity contribution in [2.45, 2.75) is 19.6 Å². The zero-order valence-corrected chi connectivity index (χ0v) is 12.8. The van der Waals surface area contributed by atoms with Crippen LogP contribution in [0.2, 0.25) is 0 Å². The van der Waals surface area contributed by atoms with Gasteiger partial charge in [-0.15, -0.1) is 11.3 Å². The molecule has 0 spiro atoms. The smallest absolute Gasteiger partial charge is 0.0701 e. The first kappa shape index (κ1) is 13.7. The standard InChI is InChI=1S/C14H17BrN2S/c1-17(10-13-5-6-14(15)18-13)9-12-4-2-3-11(7-12)8-16/h2-7H,8-10,16H2,1H3. The van der Waals surface area contributed by atoms with Crippen molar-refractivity contribution in [3.8, 4) is 0 Å². The van der Waals surface area contributed by atoms with Crippen LogP contribution in [0.15, 0.2) is 40.2 Å². The van der Waals surface area contributed by atoms with E-state index in [4.69, 9.17) is 5.73 Å². The molecule has 2 aromatic rings. The Labute approximate surface area is 121 Å². The monoisotopic (exact) mass is 324 g/mol. The van der Waals surface area contributed by atoms with Crippen LogP contribution in [0.3, 0.4) is 0 Å². The van der Waals surface area contributed by atoms with Crippen molar-refractivity contribution in [2.75, 3.05) is 7.05 Å². The highest BCUT2D eigenvalue weighted by molar-refractivity contribution is 9.11. The van der Waals surface area contributed by atoms with Gasteiger partial charge in [-0.3, -0.25) is 4.90 Å². The summed E-state index contributed by atoms with van der Waals surface area (Å²) >= 11 is 5.28. The molecule has 0 amide bonds. The van der Waals surface area contributed by atoms with Gasteiger partial charge in [-0.2, -0.15) is 0 Å². The predicted octanol–water partition coefficient (Wildman–Crippen LogP) is 3.60. The Kier molecular flexibility index (Phi) is 4.95. The molecule has 96 valence electrons. The first-order valence-electron chi connectivity index (χ1n) is 5.88. The largest absolute Gasteiger partial charge is 0.326 e. The van der Waals surface area contributed by atoms with E-state index >= 15 is 0 Å². The topological polar surface area (TPSA) is 29.3 Å². The van der Waals surface area contributed by atoms with E-state index in [1.165, 1.54) is 19.8 Å². The molecule has 2 rings (SSSR count). The van der Waals surface area contributed by atoms with Gasteiger partial charge in [-0.25, -0.2) is 0 Å². The molecule has 0 saturated carbocycles. The minimum absolute atomic E-state index is 0.607. The van der Waals surface area contributed by atoms with Gasteiger partial charge >= 0.3 is 0 Å². The summed E-state index contributed by atoms with van der Waals surface area (Å²) in [5.74, 6) is 0. The molecule has 0 aliphatic heterocycles. The normalized spacial score (nSPS) is 11.1. The number of thiophene rings is 1. The highest BCUT2D eigenvalue weighted by atomic mass is 79.9. The number of halogens is 1. The van der Waals surface area contributed by atoms with E-state index in [2.05, 4.69) is 64.3 Å². The summed E-state index contributed by atoms with van der Waals surface area (Å²) in [6.45, 7) is 2.53. The van der Waals surface area contributed by atoms with Gasteiger partial charge in [0, 0.05) is 24.5 Å². The Morgan fingerprint density at radius 1 is 1.17 bits per heavy atom. The molecule has 0 aliphatic rings. The van der Waals surface area contributed by atoms with Gasteiger partial charge in [0.15, 0.2) is 0 Å². The molecule has 0 unspecified atom stereocenters. The minimum atomic E-state index is 0.607. The average molecular weight is 325 g/mol. The van der Waals surface area contributed by atoms with E-state index in [0.717, 1.165) is 13.1 Å². The summed E-state index contributed by atoms with van der Waals surface area (Å²) in [5, 5.41) is 0. The molecule has 4 heteroatoms. The lowest BCUT2D eigenvalue weighted by molar-refractivity contribution is 0.322. The van der Waals surface area contributed by atoms with Gasteiger partial charge in [0.05, 0.1) is 3.79 Å². The van der Waals surface area contributed by atoms with E-state index in [1.54, 1.807) is 11.3 Å². The molecule has 18 heavy (non-hydrogen) atoms. The average Bonchev–Trinajstić information content (AvgIpc) is 2.74. The second-order valence-electron chi connectivity index (χ2n) is 4.40. The molecule has 0 radical (unpaired) electrons. The molecule has 1 aromatic heterocycles. The maximum absolute atomic E-state index is 5.66. The third kappa shape index (κ3) is 3.92. The first-order chi connectivity index (χ1) is 8.67. The molecule has 0 bridgehead atoms. The number of nitrogens with two attached hydrogens (primary N) is 1. The summed E-state index contributed by atoms with van der Waals surface area (Å²) in [7, 11) is 2.14. The second-order valence-corrected chi connectivity index (χ2v) is 6.95. The van der Waals surface area contributed by atoms with Crippen LogP contribution < -0.4 is 5.73 Å². The highest BCUT2D eigenvalue weighted by Crippen LogP contribution is 2.23. The summed E-state index contributed by atoms with van der Waals surface area (Å²) < 4.78 is 1.19. The number of nitrogens with zero attached hydrogens (tertiary/aromatic N) is 1. The quantitative estimate of drug-likeness (QED) is 0.910. The second kappa shape index (κ2) is 6.48. The fraction of sp³-hybridized carbons (Fsp3) is 0.286. The first-order valence-corrected chi connectivity index (χ1v) is 7.49. The molecule has 0 atom stereocenters. The van der Waals surface area contributed by atoms with Crippen molar-refractivity contribution in [1.29, 1.82) is 0 Å². The Bertz CT molecular complexity index is 510. The van der Waals surface area contributed by atoms with E-state index in [9.17, 15) is 0 Å². The lowest BCUT2D eigenvalue weighted by Crippen LogP contribution is -2.16. The molecule has 2 N–H and O–H groups in total. The van der Waals surface area contributed by atoms with Crippen LogP contribution in [0.4, 0.5) is 0 Å². The van der Waals surface area contributed by atoms with Crippen LogP contribution in [-0.2, 0) is 19.6 Å². The van der Waals surface area contributed by atoms with Crippen LogP contribution in [0.5, 0.6) is 0 Å². The number of hydrogen-bond donors (Lipinski definition) is 1. The van der Waals surface area contributed by atoms with E-state index in [-0.39, 0.29) is 0 Å². The Balaban J connectivity index is 1.96. The molecule has 1 aromatic carbocycles. The van der Waals surface area contributed by atoms with Gasteiger partial charge in [-0.05, 0) is 46.2 Å². The fourth-order valence-corrected chi connectivity index (χ4v) is 3.49. The lowest BCUT2D eigenvalue weighted by atomic mass is 10.1. The van der Waals surface area contributed by atoms with Crippen LogP contribution in [0.25, 0.3) is 0 Å². The molecule has 1 heterocycles. The zero-order chi connectivity index (χ0) is 13.0. The van der Waals surface area contributed by atoms with Crippen LogP contribution in [0.1, 0.15) is 16.0 Å². The number of benzene rings is 1. The van der Waals surface area contributed by atoms with Crippen molar-refractivity contribution < 1.29 is 0 Å². The molecular weight excluding hydrogens is 308 g/mol. The van der Waals surface area contributed by atoms with Crippen molar-refractivity contribution in [1.82, 2.24) is 4.90 Å². The summed E-state index contributed by atoms with van der Waals surface area (Å²) in [6.07, 6.45) is 0. The van der Waals surface area contributed by atoms with Gasteiger partial charge < -0.3 is 5.73 Å². The third-order valence-electron chi connectivity index (χ3n) is 2.73. The molecule has 2 nitrogen and oxygen atoms in total. The summed E-state index contributed by atoms with van der Waals surface area (Å²) in [4.78, 5) is 3.69. The van der Waals surface area contributed by atoms with Gasteiger partial charge in [0.1, 0.15) is 0 Å². The Morgan fingerprint density at radius 2 is 1.94 bits per heavy atom. The fourth-order valence-electron chi connectivity index (χ4n) is 1.93. The molecular formula is C14H17BrN2S. The molecule has 0 aliphatic carbocycles. The molecule has 0 fully saturated rings. The van der Waals surface area contributed by atoms with Crippen LogP contribution in [-0.4, -0.2) is 11.9 Å². The van der Waals surface area contributed by atoms with E-state index in [1.807, 2.05) is 0 Å². The maximum atomic E-state index is 5.66. The van der Waals surface area contributed by atoms with Crippen LogP contribution >= 0.6 is 27.3 Å². The van der Waals surface area contributed by atoms with Crippen molar-refractivity contribution in [3.05, 3.63) is 56.2 Å². The van der Waals surface area contributed by atoms with Gasteiger partial charge in [-0.1, -0.05) is 24.3 Å². The third-order valence-corrected chi connectivity index (χ3v) is 4.34. The van der Waals surface area contributed by atoms with Crippen molar-refractivity contribution in [2.24, 2.45) is 5.73 Å². The van der Waals surface area contributed by atoms with Crippen molar-refractivity contribution in [3.63, 3.8) is 0 Å². The zero-order valence-electron chi connectivity index (χ0n) is 10.4. The predicted molar refractivity (Wildman–Crippen MR) is 81.5 cm³/mol. The highest BCUT2D eigenvalue weighted by Gasteiger charge is 2.04. The van der Waals surface area contributed by atoms with Crippen molar-refractivity contribution >= 4 is 27.3 Å². The summed E-state index contributed by atoms with van der Waals surface area (Å²) in [6, 6.07) is 12.7. The Morgan fingerprint density at radius 3 is 2.61 bits per heavy atom. The van der Waals surface area contributed by atoms with E-state index < -0.39 is 0 Å². The van der Waals surface area contributed by atoms with E-state index in [0.29, 0.717) is 6.54 Å². The number of rotatable bonds is 5. The SMILES string of the molecule is CN(Cc1cccc(CN)c1)Cc1ccc(Br)s1. The maximum Gasteiger partial charge on any atom is 0.0701 e. The minimum Gasteiger partial charge on any atom is -0.326 e. The Hall–Kier alpha value is -0.680. The van der Waals surface area contributed by atoms with Gasteiger partial charge in [0.25, 0.3) is 0 Å². The number of hydrogen-bond acceptors (Lipinski definition) is 3. The lowest BCUT2D eigenvalue weighted by Gasteiger charge is -2.16. The van der Waals surface area contributed by atoms with Gasteiger partial charge in [0.2, 0.25) is 0 Å². The van der Waals surface area contributed by atoms with Crippen LogP contribution in [0, 0.1) is 0 Å². The summed E-state index contributed by atoms with van der Waals surface area (Å²) in [5.41, 5.74) is 8.17. The molecule has 0 saturated heterocycles.